The summed E-state index contributed by atoms with van der Waals surface area (Å²) in [4.78, 5) is 16.6. The molecule has 0 unspecified atom stereocenters. The van der Waals surface area contributed by atoms with Crippen molar-refractivity contribution in [3.63, 3.8) is 0 Å². The molecular weight excluding hydrogens is 393 g/mol. The fraction of sp³-hybridized carbons (Fsp3) is 0.316. The van der Waals surface area contributed by atoms with E-state index in [1.807, 2.05) is 41.3 Å². The first-order valence-corrected chi connectivity index (χ1v) is 9.10. The summed E-state index contributed by atoms with van der Waals surface area (Å²) in [6.45, 7) is 4.48. The van der Waals surface area contributed by atoms with E-state index < -0.39 is 0 Å². The molecule has 2 aromatic carbocycles. The summed E-state index contributed by atoms with van der Waals surface area (Å²) >= 11 is 11.8. The van der Waals surface area contributed by atoms with Gasteiger partial charge in [0.2, 0.25) is 5.91 Å². The summed E-state index contributed by atoms with van der Waals surface area (Å²) in [5.74, 6) is 0.126. The zero-order valence-corrected chi connectivity index (χ0v) is 16.7. The topological polar surface area (TPSA) is 35.6 Å². The van der Waals surface area contributed by atoms with E-state index in [0.29, 0.717) is 11.6 Å². The van der Waals surface area contributed by atoms with Gasteiger partial charge in [-0.05, 0) is 42.0 Å². The Morgan fingerprint density at radius 2 is 1.42 bits per heavy atom. The van der Waals surface area contributed by atoms with Crippen LogP contribution in [0, 0.1) is 0 Å². The van der Waals surface area contributed by atoms with Crippen LogP contribution in [0.15, 0.2) is 48.5 Å². The number of carbonyl (C=O) groups excluding carboxylic acids is 1. The number of piperazine rings is 1. The summed E-state index contributed by atoms with van der Waals surface area (Å²) in [6.07, 6.45) is 0. The number of benzene rings is 2. The third-order valence-corrected chi connectivity index (χ3v) is 4.84. The van der Waals surface area contributed by atoms with Crippen LogP contribution < -0.4 is 5.32 Å². The fourth-order valence-electron chi connectivity index (χ4n) is 2.86. The molecule has 2 aromatic rings. The largest absolute Gasteiger partial charge is 0.376 e. The fourth-order valence-corrected chi connectivity index (χ4v) is 3.11. The molecule has 1 heterocycles. The van der Waals surface area contributed by atoms with Gasteiger partial charge in [-0.15, -0.1) is 12.4 Å². The number of hydrogen-bond acceptors (Lipinski definition) is 3. The first kappa shape index (κ1) is 20.8. The van der Waals surface area contributed by atoms with Gasteiger partial charge in [-0.1, -0.05) is 35.3 Å². The minimum atomic E-state index is 0. The van der Waals surface area contributed by atoms with Crippen molar-refractivity contribution in [3.05, 3.63) is 64.1 Å². The monoisotopic (exact) mass is 413 g/mol. The zero-order chi connectivity index (χ0) is 17.6. The molecule has 1 fully saturated rings. The molecule has 0 spiro atoms. The highest BCUT2D eigenvalue weighted by molar-refractivity contribution is 6.30. The molecule has 1 aliphatic rings. The molecule has 7 heteroatoms. The van der Waals surface area contributed by atoms with Crippen molar-refractivity contribution in [2.24, 2.45) is 0 Å². The molecule has 0 saturated carbocycles. The highest BCUT2D eigenvalue weighted by Gasteiger charge is 2.20. The van der Waals surface area contributed by atoms with Crippen LogP contribution in [0.1, 0.15) is 5.56 Å². The average Bonchev–Trinajstić information content (AvgIpc) is 2.63. The molecule has 1 N–H and O–H groups in total. The summed E-state index contributed by atoms with van der Waals surface area (Å²) in [5.41, 5.74) is 2.15. The third kappa shape index (κ3) is 6.06. The lowest BCUT2D eigenvalue weighted by Gasteiger charge is -2.34. The number of anilines is 1. The molecule has 0 radical (unpaired) electrons. The second-order valence-corrected chi connectivity index (χ2v) is 7.02. The predicted molar refractivity (Wildman–Crippen MR) is 110 cm³/mol. The van der Waals surface area contributed by atoms with E-state index in [9.17, 15) is 4.79 Å². The van der Waals surface area contributed by atoms with E-state index in [0.717, 1.165) is 43.4 Å². The number of amides is 1. The summed E-state index contributed by atoms with van der Waals surface area (Å²) in [7, 11) is 0. The molecule has 0 bridgehead atoms. The van der Waals surface area contributed by atoms with Crippen LogP contribution in [-0.4, -0.2) is 48.4 Å². The maximum absolute atomic E-state index is 12.3. The van der Waals surface area contributed by atoms with Crippen LogP contribution in [0.2, 0.25) is 10.0 Å². The first-order valence-electron chi connectivity index (χ1n) is 8.34. The SMILES string of the molecule is Cl.O=C(CNc1ccc(Cl)cc1)N1CCN(Cc2ccc(Cl)cc2)CC1. The molecule has 1 saturated heterocycles. The first-order chi connectivity index (χ1) is 12.1. The Morgan fingerprint density at radius 3 is 2.00 bits per heavy atom. The van der Waals surface area contributed by atoms with Gasteiger partial charge in [-0.25, -0.2) is 0 Å². The maximum Gasteiger partial charge on any atom is 0.241 e. The lowest BCUT2D eigenvalue weighted by Crippen LogP contribution is -2.49. The van der Waals surface area contributed by atoms with Gasteiger partial charge >= 0.3 is 0 Å². The number of halogens is 3. The van der Waals surface area contributed by atoms with Crippen LogP contribution in [0.3, 0.4) is 0 Å². The highest BCUT2D eigenvalue weighted by atomic mass is 35.5. The number of nitrogens with zero attached hydrogens (tertiary/aromatic N) is 2. The quantitative estimate of drug-likeness (QED) is 0.797. The van der Waals surface area contributed by atoms with Crippen LogP contribution in [-0.2, 0) is 11.3 Å². The van der Waals surface area contributed by atoms with Gasteiger partial charge in [0.25, 0.3) is 0 Å². The number of nitrogens with one attached hydrogen (secondary N) is 1. The van der Waals surface area contributed by atoms with Crippen molar-refractivity contribution in [2.75, 3.05) is 38.0 Å². The van der Waals surface area contributed by atoms with Gasteiger partial charge in [-0.3, -0.25) is 9.69 Å². The number of rotatable bonds is 5. The van der Waals surface area contributed by atoms with Crippen LogP contribution in [0.4, 0.5) is 5.69 Å². The summed E-state index contributed by atoms with van der Waals surface area (Å²) in [6, 6.07) is 15.3. The Balaban J connectivity index is 0.00000243. The maximum atomic E-state index is 12.3. The second-order valence-electron chi connectivity index (χ2n) is 6.14. The van der Waals surface area contributed by atoms with E-state index in [4.69, 9.17) is 23.2 Å². The molecule has 0 atom stereocenters. The summed E-state index contributed by atoms with van der Waals surface area (Å²) in [5, 5.41) is 4.59. The Labute approximate surface area is 170 Å². The van der Waals surface area contributed by atoms with Crippen LogP contribution in [0.25, 0.3) is 0 Å². The molecular formula is C19H22Cl3N3O. The van der Waals surface area contributed by atoms with Crippen molar-refractivity contribution in [3.8, 4) is 0 Å². The molecule has 1 amide bonds. The van der Waals surface area contributed by atoms with Crippen molar-refractivity contribution in [1.29, 1.82) is 0 Å². The smallest absolute Gasteiger partial charge is 0.241 e. The van der Waals surface area contributed by atoms with Gasteiger partial charge in [0.1, 0.15) is 0 Å². The molecule has 26 heavy (non-hydrogen) atoms. The van der Waals surface area contributed by atoms with E-state index in [1.165, 1.54) is 5.56 Å². The third-order valence-electron chi connectivity index (χ3n) is 4.33. The highest BCUT2D eigenvalue weighted by Crippen LogP contribution is 2.14. The van der Waals surface area contributed by atoms with Crippen molar-refractivity contribution in [2.45, 2.75) is 6.54 Å². The van der Waals surface area contributed by atoms with Crippen molar-refractivity contribution in [1.82, 2.24) is 9.80 Å². The molecule has 0 aromatic heterocycles. The van der Waals surface area contributed by atoms with E-state index in [2.05, 4.69) is 22.3 Å². The lowest BCUT2D eigenvalue weighted by molar-refractivity contribution is -0.131. The molecule has 3 rings (SSSR count). The van der Waals surface area contributed by atoms with E-state index in [-0.39, 0.29) is 18.3 Å². The minimum absolute atomic E-state index is 0. The molecule has 1 aliphatic heterocycles. The normalized spacial score (nSPS) is 14.6. The average molecular weight is 415 g/mol. The summed E-state index contributed by atoms with van der Waals surface area (Å²) < 4.78 is 0. The number of carbonyl (C=O) groups is 1. The van der Waals surface area contributed by atoms with Gasteiger partial charge in [0, 0.05) is 48.5 Å². The van der Waals surface area contributed by atoms with Crippen LogP contribution >= 0.6 is 35.6 Å². The molecule has 0 aliphatic carbocycles. The minimum Gasteiger partial charge on any atom is -0.376 e. The Hall–Kier alpha value is -1.46. The Kier molecular flexibility index (Phi) is 8.04. The Morgan fingerprint density at radius 1 is 0.885 bits per heavy atom. The Bertz CT molecular complexity index is 699. The second kappa shape index (κ2) is 10.0. The van der Waals surface area contributed by atoms with Crippen molar-refractivity contribution >= 4 is 47.2 Å². The van der Waals surface area contributed by atoms with Gasteiger partial charge in [-0.2, -0.15) is 0 Å². The zero-order valence-electron chi connectivity index (χ0n) is 14.3. The molecule has 4 nitrogen and oxygen atoms in total. The van der Waals surface area contributed by atoms with Gasteiger partial charge in [0.15, 0.2) is 0 Å². The predicted octanol–water partition coefficient (Wildman–Crippen LogP) is 4.17. The standard InChI is InChI=1S/C19H21Cl2N3O.ClH/c20-16-3-1-15(2-4-16)14-23-9-11-24(12-10-23)19(25)13-22-18-7-5-17(21)6-8-18;/h1-8,22H,9-14H2;1H. The van der Waals surface area contributed by atoms with Gasteiger partial charge in [0.05, 0.1) is 6.54 Å². The number of hydrogen-bond donors (Lipinski definition) is 1. The van der Waals surface area contributed by atoms with E-state index in [1.54, 1.807) is 0 Å². The van der Waals surface area contributed by atoms with Crippen molar-refractivity contribution < 1.29 is 4.79 Å². The van der Waals surface area contributed by atoms with Crippen LogP contribution in [0.5, 0.6) is 0 Å². The van der Waals surface area contributed by atoms with E-state index >= 15 is 0 Å². The lowest BCUT2D eigenvalue weighted by atomic mass is 10.2. The molecule has 140 valence electrons. The van der Waals surface area contributed by atoms with Gasteiger partial charge < -0.3 is 10.2 Å².